The molecular weight excluding hydrogens is 308 g/mol. The van der Waals surface area contributed by atoms with E-state index in [-0.39, 0.29) is 0 Å². The Hall–Kier alpha value is -1.12. The summed E-state index contributed by atoms with van der Waals surface area (Å²) < 4.78 is 0. The molecule has 3 heteroatoms. The summed E-state index contributed by atoms with van der Waals surface area (Å²) in [4.78, 5) is 16.0. The maximum absolute atomic E-state index is 11.9. The lowest BCUT2D eigenvalue weighted by molar-refractivity contribution is -0.119. The Morgan fingerprint density at radius 2 is 1.40 bits per heavy atom. The van der Waals surface area contributed by atoms with Gasteiger partial charge in [0.05, 0.1) is 0 Å². The fraction of sp³-hybridized carbons (Fsp3) is 0.818. The average molecular weight is 349 g/mol. The van der Waals surface area contributed by atoms with Crippen molar-refractivity contribution in [1.82, 2.24) is 0 Å². The van der Waals surface area contributed by atoms with Gasteiger partial charge in [-0.25, -0.2) is 4.99 Å². The Kier molecular flexibility index (Phi) is 13.3. The molecule has 0 unspecified atom stereocenters. The SMILES string of the molecule is CCCCCCCCCCCCCCC(=O)CCCC1=CN=C(N)C1. The summed E-state index contributed by atoms with van der Waals surface area (Å²) in [5.41, 5.74) is 6.92. The summed E-state index contributed by atoms with van der Waals surface area (Å²) in [6.45, 7) is 2.27. The average Bonchev–Trinajstić information content (AvgIpc) is 3.01. The molecule has 1 rings (SSSR count). The van der Waals surface area contributed by atoms with Gasteiger partial charge in [0.15, 0.2) is 0 Å². The zero-order valence-corrected chi connectivity index (χ0v) is 16.5. The van der Waals surface area contributed by atoms with E-state index in [9.17, 15) is 4.79 Å². The van der Waals surface area contributed by atoms with E-state index in [0.29, 0.717) is 11.6 Å². The molecule has 144 valence electrons. The number of hydrogen-bond acceptors (Lipinski definition) is 3. The van der Waals surface area contributed by atoms with E-state index in [0.717, 1.165) is 38.5 Å². The first kappa shape index (κ1) is 21.9. The number of amidine groups is 1. The lowest BCUT2D eigenvalue weighted by atomic mass is 10.0. The zero-order chi connectivity index (χ0) is 18.2. The molecule has 0 atom stereocenters. The van der Waals surface area contributed by atoms with E-state index in [4.69, 9.17) is 5.73 Å². The smallest absolute Gasteiger partial charge is 0.132 e. The fourth-order valence-corrected chi connectivity index (χ4v) is 3.45. The molecule has 3 nitrogen and oxygen atoms in total. The summed E-state index contributed by atoms with van der Waals surface area (Å²) in [6.07, 6.45) is 22.2. The van der Waals surface area contributed by atoms with Crippen LogP contribution < -0.4 is 5.73 Å². The molecule has 0 saturated heterocycles. The van der Waals surface area contributed by atoms with Gasteiger partial charge in [-0.3, -0.25) is 4.79 Å². The van der Waals surface area contributed by atoms with Crippen LogP contribution >= 0.6 is 0 Å². The molecule has 0 radical (unpaired) electrons. The Balaban J connectivity index is 1.78. The van der Waals surface area contributed by atoms with Gasteiger partial charge in [-0.2, -0.15) is 0 Å². The Labute approximate surface area is 155 Å². The Bertz CT molecular complexity index is 412. The van der Waals surface area contributed by atoms with Crippen molar-refractivity contribution in [3.05, 3.63) is 11.8 Å². The number of unbranched alkanes of at least 4 members (excludes halogenated alkanes) is 11. The number of aliphatic imine (C=N–C) groups is 1. The van der Waals surface area contributed by atoms with Crippen molar-refractivity contribution >= 4 is 11.6 Å². The van der Waals surface area contributed by atoms with E-state index in [1.165, 1.54) is 76.2 Å². The number of hydrogen-bond donors (Lipinski definition) is 1. The van der Waals surface area contributed by atoms with Crippen molar-refractivity contribution in [2.45, 2.75) is 116 Å². The molecule has 0 aromatic heterocycles. The van der Waals surface area contributed by atoms with Gasteiger partial charge in [0, 0.05) is 25.5 Å². The van der Waals surface area contributed by atoms with Crippen molar-refractivity contribution in [2.24, 2.45) is 10.7 Å². The van der Waals surface area contributed by atoms with Crippen LogP contribution in [0.3, 0.4) is 0 Å². The molecule has 1 aliphatic rings. The minimum atomic E-state index is 0.430. The number of nitrogens with zero attached hydrogens (tertiary/aromatic N) is 1. The van der Waals surface area contributed by atoms with E-state index >= 15 is 0 Å². The van der Waals surface area contributed by atoms with Crippen LogP contribution in [-0.2, 0) is 4.79 Å². The number of Topliss-reactive ketones (excluding diaryl/α,β-unsaturated/α-hetero) is 1. The summed E-state index contributed by atoms with van der Waals surface area (Å²) in [7, 11) is 0. The Morgan fingerprint density at radius 1 is 0.880 bits per heavy atom. The van der Waals surface area contributed by atoms with Crippen LogP contribution in [-0.4, -0.2) is 11.6 Å². The lowest BCUT2D eigenvalue weighted by Crippen LogP contribution is -2.08. The maximum atomic E-state index is 11.9. The van der Waals surface area contributed by atoms with Crippen LogP contribution in [0.4, 0.5) is 0 Å². The number of carbonyl (C=O) groups excluding carboxylic acids is 1. The molecule has 0 aromatic rings. The minimum Gasteiger partial charge on any atom is -0.387 e. The highest BCUT2D eigenvalue weighted by Crippen LogP contribution is 2.17. The number of ketones is 1. The lowest BCUT2D eigenvalue weighted by Gasteiger charge is -2.04. The second kappa shape index (κ2) is 15.2. The van der Waals surface area contributed by atoms with E-state index in [2.05, 4.69) is 11.9 Å². The molecule has 0 amide bonds. The van der Waals surface area contributed by atoms with Crippen molar-refractivity contribution in [3.63, 3.8) is 0 Å². The number of nitrogens with two attached hydrogens (primary N) is 1. The van der Waals surface area contributed by atoms with Crippen LogP contribution in [0.5, 0.6) is 0 Å². The van der Waals surface area contributed by atoms with Crippen LogP contribution in [0.25, 0.3) is 0 Å². The van der Waals surface area contributed by atoms with Gasteiger partial charge in [-0.05, 0) is 24.8 Å². The molecule has 0 fully saturated rings. The molecule has 25 heavy (non-hydrogen) atoms. The monoisotopic (exact) mass is 348 g/mol. The van der Waals surface area contributed by atoms with Gasteiger partial charge in [0.25, 0.3) is 0 Å². The molecular formula is C22H40N2O. The predicted molar refractivity (Wildman–Crippen MR) is 109 cm³/mol. The number of rotatable bonds is 17. The van der Waals surface area contributed by atoms with E-state index in [1.807, 2.05) is 6.20 Å². The van der Waals surface area contributed by atoms with E-state index in [1.54, 1.807) is 0 Å². The first-order valence-electron chi connectivity index (χ1n) is 10.7. The zero-order valence-electron chi connectivity index (χ0n) is 16.5. The first-order valence-corrected chi connectivity index (χ1v) is 10.7. The van der Waals surface area contributed by atoms with Crippen LogP contribution in [0.2, 0.25) is 0 Å². The van der Waals surface area contributed by atoms with E-state index < -0.39 is 0 Å². The molecule has 0 saturated carbocycles. The maximum Gasteiger partial charge on any atom is 0.132 e. The molecule has 1 heterocycles. The normalized spacial score (nSPS) is 13.8. The second-order valence-electron chi connectivity index (χ2n) is 7.62. The van der Waals surface area contributed by atoms with Crippen molar-refractivity contribution in [1.29, 1.82) is 0 Å². The van der Waals surface area contributed by atoms with Gasteiger partial charge in [-0.1, -0.05) is 77.6 Å². The van der Waals surface area contributed by atoms with Crippen molar-refractivity contribution < 1.29 is 4.79 Å². The Morgan fingerprint density at radius 3 is 1.92 bits per heavy atom. The summed E-state index contributed by atoms with van der Waals surface area (Å²) in [5, 5.41) is 0. The van der Waals surface area contributed by atoms with Gasteiger partial charge >= 0.3 is 0 Å². The molecule has 0 aromatic carbocycles. The van der Waals surface area contributed by atoms with Crippen molar-refractivity contribution in [3.8, 4) is 0 Å². The topological polar surface area (TPSA) is 55.5 Å². The predicted octanol–water partition coefficient (Wildman–Crippen LogP) is 6.46. The van der Waals surface area contributed by atoms with Gasteiger partial charge in [0.2, 0.25) is 0 Å². The summed E-state index contributed by atoms with van der Waals surface area (Å²) in [6, 6.07) is 0. The fourth-order valence-electron chi connectivity index (χ4n) is 3.45. The van der Waals surface area contributed by atoms with Crippen LogP contribution in [0, 0.1) is 0 Å². The molecule has 0 aliphatic carbocycles. The largest absolute Gasteiger partial charge is 0.387 e. The standard InChI is InChI=1S/C22H40N2O/c1-2-3-4-5-6-7-8-9-10-11-12-13-16-21(25)17-14-15-20-18-22(23)24-19-20/h19H,2-18H2,1H3,(H2,23,24). The third kappa shape index (κ3) is 12.8. The summed E-state index contributed by atoms with van der Waals surface area (Å²) >= 11 is 0. The third-order valence-corrected chi connectivity index (χ3v) is 5.08. The molecule has 2 N–H and O–H groups in total. The van der Waals surface area contributed by atoms with Crippen LogP contribution in [0.15, 0.2) is 16.8 Å². The molecule has 1 aliphatic heterocycles. The molecule has 0 spiro atoms. The van der Waals surface area contributed by atoms with Gasteiger partial charge in [-0.15, -0.1) is 0 Å². The van der Waals surface area contributed by atoms with Gasteiger partial charge < -0.3 is 5.73 Å². The molecule has 0 bridgehead atoms. The van der Waals surface area contributed by atoms with Crippen LogP contribution in [0.1, 0.15) is 116 Å². The first-order chi connectivity index (χ1) is 12.2. The highest BCUT2D eigenvalue weighted by molar-refractivity contribution is 5.85. The second-order valence-corrected chi connectivity index (χ2v) is 7.62. The number of carbonyl (C=O) groups is 1. The quantitative estimate of drug-likeness (QED) is 0.307. The van der Waals surface area contributed by atoms with Crippen molar-refractivity contribution in [2.75, 3.05) is 0 Å². The summed E-state index contributed by atoms with van der Waals surface area (Å²) in [5.74, 6) is 1.14. The highest BCUT2D eigenvalue weighted by atomic mass is 16.1. The van der Waals surface area contributed by atoms with Gasteiger partial charge in [0.1, 0.15) is 11.6 Å². The highest BCUT2D eigenvalue weighted by Gasteiger charge is 2.08. The third-order valence-electron chi connectivity index (χ3n) is 5.08. The minimum absolute atomic E-state index is 0.430.